The van der Waals surface area contributed by atoms with Gasteiger partial charge in [-0.15, -0.1) is 0 Å². The maximum Gasteiger partial charge on any atom is 0.190 e. The first-order valence-electron chi connectivity index (χ1n) is 7.58. The number of rotatable bonds is 9. The molecule has 1 heterocycles. The molecule has 0 fully saturated rings. The first-order chi connectivity index (χ1) is 10.2. The van der Waals surface area contributed by atoms with Crippen molar-refractivity contribution >= 4 is 11.5 Å². The van der Waals surface area contributed by atoms with E-state index >= 15 is 0 Å². The summed E-state index contributed by atoms with van der Waals surface area (Å²) in [4.78, 5) is 8.84. The highest BCUT2D eigenvalue weighted by Crippen LogP contribution is 2.18. The summed E-state index contributed by atoms with van der Waals surface area (Å²) in [5.41, 5.74) is 7.15. The van der Waals surface area contributed by atoms with Gasteiger partial charge in [-0.05, 0) is 45.1 Å². The second-order valence-corrected chi connectivity index (χ2v) is 4.82. The fourth-order valence-electron chi connectivity index (χ4n) is 2.37. The maximum absolute atomic E-state index is 8.88. The Hall–Kier alpha value is -1.82. The van der Waals surface area contributed by atoms with Crippen LogP contribution in [0.1, 0.15) is 32.9 Å². The van der Waals surface area contributed by atoms with E-state index in [9.17, 15) is 0 Å². The van der Waals surface area contributed by atoms with Gasteiger partial charge in [0.25, 0.3) is 0 Å². The second-order valence-electron chi connectivity index (χ2n) is 4.82. The zero-order chi connectivity index (χ0) is 15.7. The van der Waals surface area contributed by atoms with Crippen molar-refractivity contribution in [1.29, 1.82) is 0 Å². The molecule has 0 aliphatic rings. The Bertz CT molecular complexity index is 445. The van der Waals surface area contributed by atoms with Gasteiger partial charge in [0, 0.05) is 19.3 Å². The molecule has 0 aromatic carbocycles. The van der Waals surface area contributed by atoms with Crippen molar-refractivity contribution in [2.75, 3.05) is 37.6 Å². The molecule has 0 atom stereocenters. The average molecular weight is 293 g/mol. The Kier molecular flexibility index (Phi) is 7.53. The largest absolute Gasteiger partial charge is 0.409 e. The third-order valence-corrected chi connectivity index (χ3v) is 3.66. The number of aromatic nitrogens is 1. The molecule has 3 N–H and O–H groups in total. The van der Waals surface area contributed by atoms with Crippen molar-refractivity contribution in [2.24, 2.45) is 10.9 Å². The van der Waals surface area contributed by atoms with Crippen LogP contribution in [0.15, 0.2) is 23.5 Å². The molecule has 1 aromatic rings. The Morgan fingerprint density at radius 2 is 1.95 bits per heavy atom. The highest BCUT2D eigenvalue weighted by Gasteiger charge is 2.14. The molecule has 0 unspecified atom stereocenters. The number of amidine groups is 1. The van der Waals surface area contributed by atoms with Crippen LogP contribution in [-0.2, 0) is 0 Å². The monoisotopic (exact) mass is 293 g/mol. The summed E-state index contributed by atoms with van der Waals surface area (Å²) in [5.74, 6) is 0.0489. The van der Waals surface area contributed by atoms with E-state index in [4.69, 9.17) is 10.9 Å². The molecule has 6 nitrogen and oxygen atoms in total. The van der Waals surface area contributed by atoms with E-state index in [0.717, 1.165) is 44.8 Å². The van der Waals surface area contributed by atoms with Crippen molar-refractivity contribution in [1.82, 2.24) is 9.88 Å². The van der Waals surface area contributed by atoms with Gasteiger partial charge in [-0.25, -0.2) is 0 Å². The molecular formula is C15H27N5O. The minimum Gasteiger partial charge on any atom is -0.409 e. The van der Waals surface area contributed by atoms with Crippen LogP contribution in [0.4, 0.5) is 5.69 Å². The lowest BCUT2D eigenvalue weighted by molar-refractivity contribution is 0.300. The standard InChI is InChI=1S/C15H27N5O/c1-4-19(5-2)11-8-12-20(6-3)13-9-7-10-17-14(13)15(16)18-21/h7,9-10,21H,4-6,8,11-12H2,1-3H3,(H2,16,18). The molecule has 0 spiro atoms. The quantitative estimate of drug-likeness (QED) is 0.314. The summed E-state index contributed by atoms with van der Waals surface area (Å²) in [6.07, 6.45) is 2.72. The Morgan fingerprint density at radius 1 is 1.24 bits per heavy atom. The predicted octanol–water partition coefficient (Wildman–Crippen LogP) is 1.73. The van der Waals surface area contributed by atoms with Crippen LogP contribution in [0.3, 0.4) is 0 Å². The lowest BCUT2D eigenvalue weighted by Gasteiger charge is -2.26. The number of oxime groups is 1. The van der Waals surface area contributed by atoms with Crippen LogP contribution in [0.2, 0.25) is 0 Å². The van der Waals surface area contributed by atoms with E-state index in [1.165, 1.54) is 0 Å². The average Bonchev–Trinajstić information content (AvgIpc) is 2.54. The van der Waals surface area contributed by atoms with E-state index in [-0.39, 0.29) is 5.84 Å². The van der Waals surface area contributed by atoms with Crippen LogP contribution in [0.25, 0.3) is 0 Å². The Balaban J connectivity index is 2.77. The molecule has 21 heavy (non-hydrogen) atoms. The van der Waals surface area contributed by atoms with Gasteiger partial charge in [-0.3, -0.25) is 4.98 Å². The van der Waals surface area contributed by atoms with Gasteiger partial charge in [0.05, 0.1) is 5.69 Å². The highest BCUT2D eigenvalue weighted by atomic mass is 16.4. The molecule has 0 amide bonds. The smallest absolute Gasteiger partial charge is 0.190 e. The zero-order valence-corrected chi connectivity index (χ0v) is 13.3. The van der Waals surface area contributed by atoms with Gasteiger partial charge in [0.1, 0.15) is 5.69 Å². The van der Waals surface area contributed by atoms with Crippen molar-refractivity contribution in [3.05, 3.63) is 24.0 Å². The molecule has 1 aromatic heterocycles. The minimum atomic E-state index is 0.0489. The molecular weight excluding hydrogens is 266 g/mol. The predicted molar refractivity (Wildman–Crippen MR) is 87.0 cm³/mol. The highest BCUT2D eigenvalue weighted by molar-refractivity contribution is 6.00. The summed E-state index contributed by atoms with van der Waals surface area (Å²) in [6.45, 7) is 11.5. The lowest BCUT2D eigenvalue weighted by Crippen LogP contribution is -2.31. The zero-order valence-electron chi connectivity index (χ0n) is 13.3. The van der Waals surface area contributed by atoms with Crippen molar-refractivity contribution in [2.45, 2.75) is 27.2 Å². The van der Waals surface area contributed by atoms with Gasteiger partial charge in [0.15, 0.2) is 5.84 Å². The van der Waals surface area contributed by atoms with E-state index in [0.29, 0.717) is 5.69 Å². The van der Waals surface area contributed by atoms with Crippen molar-refractivity contribution in [3.8, 4) is 0 Å². The second kappa shape index (κ2) is 9.18. The van der Waals surface area contributed by atoms with Crippen molar-refractivity contribution in [3.63, 3.8) is 0 Å². The third-order valence-electron chi connectivity index (χ3n) is 3.66. The molecule has 118 valence electrons. The maximum atomic E-state index is 8.88. The fourth-order valence-corrected chi connectivity index (χ4v) is 2.37. The van der Waals surface area contributed by atoms with Crippen LogP contribution in [0.5, 0.6) is 0 Å². The number of nitrogens with two attached hydrogens (primary N) is 1. The van der Waals surface area contributed by atoms with Gasteiger partial charge in [-0.2, -0.15) is 0 Å². The van der Waals surface area contributed by atoms with Gasteiger partial charge < -0.3 is 20.7 Å². The summed E-state index contributed by atoms with van der Waals surface area (Å²) in [6, 6.07) is 3.83. The molecule has 0 saturated heterocycles. The van der Waals surface area contributed by atoms with Crippen molar-refractivity contribution < 1.29 is 5.21 Å². The SMILES string of the molecule is CCN(CC)CCCN(CC)c1cccnc1/C(N)=N/O. The third kappa shape index (κ3) is 4.90. The van der Waals surface area contributed by atoms with Crippen LogP contribution in [0, 0.1) is 0 Å². The first-order valence-corrected chi connectivity index (χ1v) is 7.58. The lowest BCUT2D eigenvalue weighted by atomic mass is 10.2. The van der Waals surface area contributed by atoms with Gasteiger partial charge >= 0.3 is 0 Å². The van der Waals surface area contributed by atoms with Gasteiger partial charge in [-0.1, -0.05) is 19.0 Å². The topological polar surface area (TPSA) is 78.0 Å². The van der Waals surface area contributed by atoms with E-state index in [1.807, 2.05) is 12.1 Å². The summed E-state index contributed by atoms with van der Waals surface area (Å²) < 4.78 is 0. The molecule has 0 bridgehead atoms. The minimum absolute atomic E-state index is 0.0489. The molecule has 0 aliphatic carbocycles. The first kappa shape index (κ1) is 17.2. The van der Waals surface area contributed by atoms with E-state index in [1.54, 1.807) is 6.20 Å². The Morgan fingerprint density at radius 3 is 2.52 bits per heavy atom. The molecule has 0 radical (unpaired) electrons. The molecule has 0 saturated carbocycles. The Labute approximate surface area is 127 Å². The van der Waals surface area contributed by atoms with Crippen LogP contribution in [-0.4, -0.2) is 53.7 Å². The number of nitrogens with zero attached hydrogens (tertiary/aromatic N) is 4. The van der Waals surface area contributed by atoms with Crippen LogP contribution >= 0.6 is 0 Å². The summed E-state index contributed by atoms with van der Waals surface area (Å²) in [7, 11) is 0. The van der Waals surface area contributed by atoms with Crippen LogP contribution < -0.4 is 10.6 Å². The van der Waals surface area contributed by atoms with E-state index in [2.05, 4.69) is 40.7 Å². The van der Waals surface area contributed by atoms with E-state index < -0.39 is 0 Å². The summed E-state index contributed by atoms with van der Waals surface area (Å²) >= 11 is 0. The molecule has 6 heteroatoms. The fraction of sp³-hybridized carbons (Fsp3) is 0.600. The summed E-state index contributed by atoms with van der Waals surface area (Å²) in [5, 5.41) is 11.9. The number of hydrogen-bond donors (Lipinski definition) is 2. The molecule has 0 aliphatic heterocycles. The number of anilines is 1. The van der Waals surface area contributed by atoms with Gasteiger partial charge in [0.2, 0.25) is 0 Å². The number of hydrogen-bond acceptors (Lipinski definition) is 5. The normalized spacial score (nSPS) is 11.9. The molecule has 1 rings (SSSR count). The number of pyridine rings is 1.